The lowest BCUT2D eigenvalue weighted by Crippen LogP contribution is -2.31. The number of aryl methyl sites for hydroxylation is 1. The van der Waals surface area contributed by atoms with E-state index in [9.17, 15) is 18.3 Å². The lowest BCUT2D eigenvalue weighted by Gasteiger charge is -2.19. The molecule has 7 heteroatoms. The number of hydrogen-bond donors (Lipinski definition) is 1. The van der Waals surface area contributed by atoms with E-state index in [0.29, 0.717) is 37.3 Å². The van der Waals surface area contributed by atoms with Gasteiger partial charge in [-0.25, -0.2) is 8.42 Å². The third-order valence-corrected chi connectivity index (χ3v) is 7.53. The van der Waals surface area contributed by atoms with Crippen molar-refractivity contribution in [3.8, 4) is 11.1 Å². The zero-order valence-electron chi connectivity index (χ0n) is 17.7. The second kappa shape index (κ2) is 9.29. The van der Waals surface area contributed by atoms with Crippen LogP contribution >= 0.6 is 0 Å². The number of sulfonamides is 1. The Bertz CT molecular complexity index is 997. The predicted octanol–water partition coefficient (Wildman–Crippen LogP) is 3.59. The van der Waals surface area contributed by atoms with Crippen LogP contribution in [0.4, 0.5) is 0 Å². The van der Waals surface area contributed by atoms with Gasteiger partial charge >= 0.3 is 5.97 Å². The van der Waals surface area contributed by atoms with Gasteiger partial charge in [0, 0.05) is 13.6 Å². The molecule has 2 atom stereocenters. The van der Waals surface area contributed by atoms with Gasteiger partial charge in [-0.1, -0.05) is 44.2 Å². The monoisotopic (exact) mass is 431 g/mol. The highest BCUT2D eigenvalue weighted by molar-refractivity contribution is 7.89. The minimum absolute atomic E-state index is 0.000993. The average molecular weight is 432 g/mol. The maximum atomic E-state index is 13.0. The molecule has 3 rings (SSSR count). The fourth-order valence-electron chi connectivity index (χ4n) is 3.54. The first-order valence-corrected chi connectivity index (χ1v) is 11.7. The van der Waals surface area contributed by atoms with E-state index in [4.69, 9.17) is 4.74 Å². The summed E-state index contributed by atoms with van der Waals surface area (Å²) in [6.45, 7) is 4.80. The summed E-state index contributed by atoms with van der Waals surface area (Å²) in [5, 5.41) is 9.25. The highest BCUT2D eigenvalue weighted by atomic mass is 32.2. The van der Waals surface area contributed by atoms with Crippen LogP contribution in [0.2, 0.25) is 0 Å². The normalized spacial score (nSPS) is 17.1. The van der Waals surface area contributed by atoms with E-state index >= 15 is 0 Å². The van der Waals surface area contributed by atoms with Crippen LogP contribution in [-0.2, 0) is 32.4 Å². The van der Waals surface area contributed by atoms with Crippen LogP contribution in [0.5, 0.6) is 0 Å². The molecule has 1 aliphatic heterocycles. The van der Waals surface area contributed by atoms with Gasteiger partial charge in [0.15, 0.2) is 0 Å². The Hall–Kier alpha value is -2.22. The van der Waals surface area contributed by atoms with Crippen LogP contribution in [0.3, 0.4) is 0 Å². The van der Waals surface area contributed by atoms with Gasteiger partial charge < -0.3 is 9.84 Å². The van der Waals surface area contributed by atoms with E-state index in [1.807, 2.05) is 50.2 Å². The molecule has 0 bridgehead atoms. The number of aliphatic carboxylic acids is 1. The summed E-state index contributed by atoms with van der Waals surface area (Å²) in [5.41, 5.74) is 3.67. The van der Waals surface area contributed by atoms with Gasteiger partial charge in [-0.2, -0.15) is 4.31 Å². The van der Waals surface area contributed by atoms with Gasteiger partial charge in [0.2, 0.25) is 10.0 Å². The molecule has 2 aromatic carbocycles. The van der Waals surface area contributed by atoms with Crippen LogP contribution in [-0.4, -0.2) is 50.1 Å². The molecule has 1 heterocycles. The smallest absolute Gasteiger partial charge is 0.306 e. The number of benzene rings is 2. The summed E-state index contributed by atoms with van der Waals surface area (Å²) in [5.74, 6) is -1.16. The van der Waals surface area contributed by atoms with Crippen molar-refractivity contribution in [2.45, 2.75) is 44.1 Å². The maximum Gasteiger partial charge on any atom is 0.306 e. The standard InChI is InChI=1S/C23H29NO5S/c1-4-17-13-20(10-11-22(17)30(27,28)24(3)14-21-15-29-21)19-8-6-16(7-9-19)12-18(5-2)23(25)26/h6-11,13,18,21H,4-5,12,14-15H2,1-3H3,(H,25,26)/t18-,21?/m0/s1. The molecule has 0 amide bonds. The predicted molar refractivity (Wildman–Crippen MR) is 116 cm³/mol. The van der Waals surface area contributed by atoms with Crippen LogP contribution in [0.1, 0.15) is 31.4 Å². The van der Waals surface area contributed by atoms with Gasteiger partial charge in [-0.05, 0) is 53.6 Å². The zero-order valence-corrected chi connectivity index (χ0v) is 18.5. The van der Waals surface area contributed by atoms with Crippen molar-refractivity contribution in [1.29, 1.82) is 0 Å². The fraction of sp³-hybridized carbons (Fsp3) is 0.435. The van der Waals surface area contributed by atoms with E-state index in [1.165, 1.54) is 4.31 Å². The topological polar surface area (TPSA) is 87.2 Å². The number of epoxide rings is 1. The number of carboxylic acids is 1. The second-order valence-corrected chi connectivity index (χ2v) is 9.77. The number of hydrogen-bond acceptors (Lipinski definition) is 4. The van der Waals surface area contributed by atoms with E-state index in [0.717, 1.165) is 22.3 Å². The SMILES string of the molecule is CCc1cc(-c2ccc(C[C@H](CC)C(=O)O)cc2)ccc1S(=O)(=O)N(C)CC1CO1. The van der Waals surface area contributed by atoms with Crippen LogP contribution in [0, 0.1) is 5.92 Å². The summed E-state index contributed by atoms with van der Waals surface area (Å²) >= 11 is 0. The van der Waals surface area contributed by atoms with Gasteiger partial charge in [0.05, 0.1) is 23.5 Å². The molecule has 1 saturated heterocycles. The Morgan fingerprint density at radius 2 is 1.80 bits per heavy atom. The number of likely N-dealkylation sites (N-methyl/N-ethyl adjacent to an activating group) is 1. The first-order chi connectivity index (χ1) is 14.3. The number of carboxylic acid groups (broad SMARTS) is 1. The third kappa shape index (κ3) is 5.09. The van der Waals surface area contributed by atoms with Crippen molar-refractivity contribution in [3.63, 3.8) is 0 Å². The Morgan fingerprint density at radius 1 is 1.17 bits per heavy atom. The van der Waals surface area contributed by atoms with Gasteiger partial charge in [-0.15, -0.1) is 0 Å². The molecule has 1 N–H and O–H groups in total. The molecule has 0 saturated carbocycles. The molecule has 30 heavy (non-hydrogen) atoms. The molecular formula is C23H29NO5S. The first-order valence-electron chi connectivity index (χ1n) is 10.3. The van der Waals surface area contributed by atoms with Crippen molar-refractivity contribution in [3.05, 3.63) is 53.6 Å². The molecule has 0 aliphatic carbocycles. The summed E-state index contributed by atoms with van der Waals surface area (Å²) in [6.07, 6.45) is 1.70. The van der Waals surface area contributed by atoms with Gasteiger partial charge in [0.25, 0.3) is 0 Å². The molecule has 1 fully saturated rings. The van der Waals surface area contributed by atoms with E-state index < -0.39 is 16.0 Å². The van der Waals surface area contributed by atoms with Gasteiger partial charge in [0.1, 0.15) is 0 Å². The van der Waals surface area contributed by atoms with E-state index in [2.05, 4.69) is 0 Å². The Morgan fingerprint density at radius 3 is 2.33 bits per heavy atom. The second-order valence-electron chi connectivity index (χ2n) is 7.76. The fourth-order valence-corrected chi connectivity index (χ4v) is 5.01. The number of rotatable bonds is 10. The molecule has 0 aromatic heterocycles. The molecule has 6 nitrogen and oxygen atoms in total. The van der Waals surface area contributed by atoms with Crippen molar-refractivity contribution in [2.75, 3.05) is 20.2 Å². The van der Waals surface area contributed by atoms with Crippen molar-refractivity contribution >= 4 is 16.0 Å². The number of ether oxygens (including phenoxy) is 1. The highest BCUT2D eigenvalue weighted by Gasteiger charge is 2.31. The molecular weight excluding hydrogens is 402 g/mol. The van der Waals surface area contributed by atoms with Crippen LogP contribution < -0.4 is 0 Å². The molecule has 162 valence electrons. The number of nitrogens with zero attached hydrogens (tertiary/aromatic N) is 1. The Labute approximate surface area is 178 Å². The van der Waals surface area contributed by atoms with Crippen molar-refractivity contribution in [1.82, 2.24) is 4.31 Å². The Kier molecular flexibility index (Phi) is 6.95. The zero-order chi connectivity index (χ0) is 21.9. The Balaban J connectivity index is 1.83. The molecule has 1 unspecified atom stereocenters. The lowest BCUT2D eigenvalue weighted by molar-refractivity contribution is -0.141. The number of carbonyl (C=O) groups is 1. The summed E-state index contributed by atoms with van der Waals surface area (Å²) in [7, 11) is -1.98. The quantitative estimate of drug-likeness (QED) is 0.581. The summed E-state index contributed by atoms with van der Waals surface area (Å²) < 4.78 is 32.5. The average Bonchev–Trinajstić information content (AvgIpc) is 3.55. The van der Waals surface area contributed by atoms with Crippen molar-refractivity contribution in [2.24, 2.45) is 5.92 Å². The van der Waals surface area contributed by atoms with E-state index in [1.54, 1.807) is 13.1 Å². The van der Waals surface area contributed by atoms with Crippen molar-refractivity contribution < 1.29 is 23.1 Å². The summed E-state index contributed by atoms with van der Waals surface area (Å²) in [6, 6.07) is 13.2. The maximum absolute atomic E-state index is 13.0. The molecule has 0 radical (unpaired) electrons. The molecule has 1 aliphatic rings. The summed E-state index contributed by atoms with van der Waals surface area (Å²) in [4.78, 5) is 11.6. The van der Waals surface area contributed by atoms with Gasteiger partial charge in [-0.3, -0.25) is 4.79 Å². The first kappa shape index (κ1) is 22.5. The molecule has 0 spiro atoms. The minimum atomic E-state index is -3.57. The lowest BCUT2D eigenvalue weighted by atomic mass is 9.95. The molecule has 2 aromatic rings. The van der Waals surface area contributed by atoms with Crippen LogP contribution in [0.25, 0.3) is 11.1 Å². The van der Waals surface area contributed by atoms with Crippen LogP contribution in [0.15, 0.2) is 47.4 Å². The largest absolute Gasteiger partial charge is 0.481 e. The highest BCUT2D eigenvalue weighted by Crippen LogP contribution is 2.28. The van der Waals surface area contributed by atoms with E-state index in [-0.39, 0.29) is 12.0 Å². The third-order valence-electron chi connectivity index (χ3n) is 5.60. The minimum Gasteiger partial charge on any atom is -0.481 e.